The van der Waals surface area contributed by atoms with Crippen LogP contribution in [0, 0.1) is 5.82 Å². The van der Waals surface area contributed by atoms with Crippen molar-refractivity contribution in [2.75, 3.05) is 45.9 Å². The van der Waals surface area contributed by atoms with E-state index in [2.05, 4.69) is 10.2 Å². The summed E-state index contributed by atoms with van der Waals surface area (Å²) in [6, 6.07) is 6.67. The van der Waals surface area contributed by atoms with Crippen molar-refractivity contribution < 1.29 is 13.9 Å². The Bertz CT molecular complexity index is 511. The van der Waals surface area contributed by atoms with E-state index < -0.39 is 0 Å². The van der Waals surface area contributed by atoms with E-state index in [1.54, 1.807) is 4.90 Å². The summed E-state index contributed by atoms with van der Waals surface area (Å²) in [4.78, 5) is 16.4. The Kier molecular flexibility index (Phi) is 5.46. The lowest BCUT2D eigenvalue weighted by molar-refractivity contribution is 0.0527. The smallest absolute Gasteiger partial charge is 0.317 e. The highest BCUT2D eigenvalue weighted by atomic mass is 19.1. The van der Waals surface area contributed by atoms with Crippen molar-refractivity contribution in [1.82, 2.24) is 15.1 Å². The fourth-order valence-corrected chi connectivity index (χ4v) is 3.26. The summed E-state index contributed by atoms with van der Waals surface area (Å²) in [7, 11) is 0. The predicted octanol–water partition coefficient (Wildman–Crippen LogP) is 2.00. The van der Waals surface area contributed by atoms with Gasteiger partial charge in [-0.15, -0.1) is 0 Å². The summed E-state index contributed by atoms with van der Waals surface area (Å²) < 4.78 is 18.5. The van der Waals surface area contributed by atoms with Crippen LogP contribution in [0.1, 0.15) is 24.4 Å². The number of nitrogens with zero attached hydrogens (tertiary/aromatic N) is 2. The van der Waals surface area contributed by atoms with Gasteiger partial charge in [0.05, 0.1) is 19.3 Å². The lowest BCUT2D eigenvalue weighted by Gasteiger charge is -2.31. The summed E-state index contributed by atoms with van der Waals surface area (Å²) in [6.45, 7) is 5.06. The van der Waals surface area contributed by atoms with Gasteiger partial charge in [0.25, 0.3) is 0 Å². The van der Waals surface area contributed by atoms with Crippen LogP contribution in [-0.4, -0.2) is 61.8 Å². The lowest BCUT2D eigenvalue weighted by atomic mass is 10.1. The summed E-state index contributed by atoms with van der Waals surface area (Å²) in [5, 5.41) is 3.04. The monoisotopic (exact) mass is 321 g/mol. The summed E-state index contributed by atoms with van der Waals surface area (Å²) in [5.41, 5.74) is 1.05. The number of morpholine rings is 1. The maximum Gasteiger partial charge on any atom is 0.317 e. The molecule has 5 nitrogen and oxygen atoms in total. The van der Waals surface area contributed by atoms with Gasteiger partial charge in [0.1, 0.15) is 5.82 Å². The molecule has 2 aliphatic heterocycles. The summed E-state index contributed by atoms with van der Waals surface area (Å²) >= 11 is 0. The van der Waals surface area contributed by atoms with Crippen LogP contribution in [-0.2, 0) is 4.74 Å². The van der Waals surface area contributed by atoms with Crippen LogP contribution in [0.5, 0.6) is 0 Å². The number of hydrogen-bond donors (Lipinski definition) is 1. The zero-order valence-electron chi connectivity index (χ0n) is 13.3. The van der Waals surface area contributed by atoms with Crippen LogP contribution < -0.4 is 5.32 Å². The second kappa shape index (κ2) is 7.75. The minimum atomic E-state index is -0.230. The second-order valence-electron chi connectivity index (χ2n) is 6.10. The molecule has 0 radical (unpaired) electrons. The molecule has 1 aromatic rings. The van der Waals surface area contributed by atoms with E-state index in [0.29, 0.717) is 32.8 Å². The Morgan fingerprint density at radius 2 is 1.78 bits per heavy atom. The molecule has 0 saturated carbocycles. The standard InChI is InChI=1S/C17H24FN3O2/c18-15-5-3-14(4-6-15)16(20-7-1-2-8-20)13-19-17(22)21-9-11-23-12-10-21/h3-6,16H,1-2,7-13H2,(H,19,22)/t16-/m1/s1. The highest BCUT2D eigenvalue weighted by Crippen LogP contribution is 2.24. The first-order valence-corrected chi connectivity index (χ1v) is 8.34. The third kappa shape index (κ3) is 4.20. The molecule has 1 aromatic carbocycles. The van der Waals surface area contributed by atoms with Gasteiger partial charge in [-0.1, -0.05) is 12.1 Å². The number of hydrogen-bond acceptors (Lipinski definition) is 3. The first kappa shape index (κ1) is 16.2. The topological polar surface area (TPSA) is 44.8 Å². The van der Waals surface area contributed by atoms with Crippen molar-refractivity contribution in [2.24, 2.45) is 0 Å². The van der Waals surface area contributed by atoms with Gasteiger partial charge >= 0.3 is 6.03 Å². The molecule has 0 spiro atoms. The number of carbonyl (C=O) groups is 1. The average molecular weight is 321 g/mol. The number of ether oxygens (including phenoxy) is 1. The zero-order chi connectivity index (χ0) is 16.1. The van der Waals surface area contributed by atoms with Gasteiger partial charge in [-0.05, 0) is 43.6 Å². The number of rotatable bonds is 4. The van der Waals surface area contributed by atoms with Gasteiger partial charge < -0.3 is 15.0 Å². The first-order chi connectivity index (χ1) is 11.2. The molecule has 0 aliphatic carbocycles. The van der Waals surface area contributed by atoms with Crippen LogP contribution >= 0.6 is 0 Å². The van der Waals surface area contributed by atoms with Gasteiger partial charge in [-0.25, -0.2) is 9.18 Å². The molecule has 2 aliphatic rings. The molecule has 0 unspecified atom stereocenters. The predicted molar refractivity (Wildman–Crippen MR) is 85.7 cm³/mol. The minimum Gasteiger partial charge on any atom is -0.378 e. The van der Waals surface area contributed by atoms with Crippen molar-refractivity contribution >= 4 is 6.03 Å². The van der Waals surface area contributed by atoms with Crippen LogP contribution in [0.3, 0.4) is 0 Å². The summed E-state index contributed by atoms with van der Waals surface area (Å²) in [5.74, 6) is -0.230. The Labute approximate surface area is 136 Å². The number of amides is 2. The molecule has 0 bridgehead atoms. The van der Waals surface area contributed by atoms with Gasteiger partial charge in [-0.3, -0.25) is 4.90 Å². The Balaban J connectivity index is 1.63. The summed E-state index contributed by atoms with van der Waals surface area (Å²) in [6.07, 6.45) is 2.35. The van der Waals surface area contributed by atoms with E-state index in [-0.39, 0.29) is 17.9 Å². The van der Waals surface area contributed by atoms with Gasteiger partial charge in [0.2, 0.25) is 0 Å². The molecule has 2 saturated heterocycles. The lowest BCUT2D eigenvalue weighted by Crippen LogP contribution is -2.48. The molecule has 1 N–H and O–H groups in total. The highest BCUT2D eigenvalue weighted by Gasteiger charge is 2.25. The van der Waals surface area contributed by atoms with Crippen molar-refractivity contribution in [3.63, 3.8) is 0 Å². The maximum atomic E-state index is 13.2. The Morgan fingerprint density at radius 1 is 1.13 bits per heavy atom. The number of likely N-dealkylation sites (tertiary alicyclic amines) is 1. The fourth-order valence-electron chi connectivity index (χ4n) is 3.26. The molecule has 1 atom stereocenters. The van der Waals surface area contributed by atoms with E-state index in [1.807, 2.05) is 12.1 Å². The number of urea groups is 1. The van der Waals surface area contributed by atoms with E-state index in [9.17, 15) is 9.18 Å². The molecule has 0 aromatic heterocycles. The van der Waals surface area contributed by atoms with Gasteiger partial charge in [0.15, 0.2) is 0 Å². The number of benzene rings is 1. The molecular weight excluding hydrogens is 297 g/mol. The molecule has 2 amide bonds. The third-order valence-electron chi connectivity index (χ3n) is 4.58. The molecule has 3 rings (SSSR count). The fraction of sp³-hybridized carbons (Fsp3) is 0.588. The van der Waals surface area contributed by atoms with Crippen LogP contribution in [0.25, 0.3) is 0 Å². The normalized spacial score (nSPS) is 20.5. The average Bonchev–Trinajstić information content (AvgIpc) is 3.11. The van der Waals surface area contributed by atoms with Crippen molar-refractivity contribution in [3.8, 4) is 0 Å². The quantitative estimate of drug-likeness (QED) is 0.922. The molecule has 2 fully saturated rings. The number of nitrogens with one attached hydrogen (secondary N) is 1. The molecule has 126 valence electrons. The van der Waals surface area contributed by atoms with E-state index in [4.69, 9.17) is 4.74 Å². The highest BCUT2D eigenvalue weighted by molar-refractivity contribution is 5.74. The Morgan fingerprint density at radius 3 is 2.43 bits per heavy atom. The number of carbonyl (C=O) groups excluding carboxylic acids is 1. The molecular formula is C17H24FN3O2. The largest absolute Gasteiger partial charge is 0.378 e. The maximum absolute atomic E-state index is 13.2. The molecule has 2 heterocycles. The minimum absolute atomic E-state index is 0.0420. The van der Waals surface area contributed by atoms with E-state index in [0.717, 1.165) is 18.7 Å². The van der Waals surface area contributed by atoms with Crippen LogP contribution in [0.2, 0.25) is 0 Å². The third-order valence-corrected chi connectivity index (χ3v) is 4.58. The van der Waals surface area contributed by atoms with Crippen LogP contribution in [0.15, 0.2) is 24.3 Å². The zero-order valence-corrected chi connectivity index (χ0v) is 13.3. The van der Waals surface area contributed by atoms with Gasteiger partial charge in [-0.2, -0.15) is 0 Å². The second-order valence-corrected chi connectivity index (χ2v) is 6.10. The van der Waals surface area contributed by atoms with Gasteiger partial charge in [0, 0.05) is 19.6 Å². The van der Waals surface area contributed by atoms with Crippen molar-refractivity contribution in [1.29, 1.82) is 0 Å². The van der Waals surface area contributed by atoms with Crippen molar-refractivity contribution in [2.45, 2.75) is 18.9 Å². The van der Waals surface area contributed by atoms with Crippen LogP contribution in [0.4, 0.5) is 9.18 Å². The number of halogens is 1. The van der Waals surface area contributed by atoms with E-state index in [1.165, 1.54) is 25.0 Å². The first-order valence-electron chi connectivity index (χ1n) is 8.34. The Hall–Kier alpha value is -1.66. The van der Waals surface area contributed by atoms with E-state index >= 15 is 0 Å². The van der Waals surface area contributed by atoms with Crippen molar-refractivity contribution in [3.05, 3.63) is 35.6 Å². The SMILES string of the molecule is O=C(NC[C@H](c1ccc(F)cc1)N1CCCC1)N1CCOCC1. The molecule has 23 heavy (non-hydrogen) atoms. The molecule has 6 heteroatoms.